The van der Waals surface area contributed by atoms with Gasteiger partial charge >= 0.3 is 6.18 Å². The van der Waals surface area contributed by atoms with Crippen LogP contribution in [0.4, 0.5) is 17.6 Å². The third-order valence-corrected chi connectivity index (χ3v) is 3.75. The zero-order valence-corrected chi connectivity index (χ0v) is 13.3. The smallest absolute Gasteiger partial charge is 0.361 e. The molecule has 0 bridgehead atoms. The summed E-state index contributed by atoms with van der Waals surface area (Å²) in [5.41, 5.74) is -0.161. The summed E-state index contributed by atoms with van der Waals surface area (Å²) in [6.45, 7) is 4.58. The van der Waals surface area contributed by atoms with Gasteiger partial charge in [0.1, 0.15) is 11.6 Å². The van der Waals surface area contributed by atoms with Gasteiger partial charge in [-0.15, -0.1) is 0 Å². The number of aryl methyl sites for hydroxylation is 2. The third-order valence-electron chi connectivity index (χ3n) is 3.75. The highest BCUT2D eigenvalue weighted by molar-refractivity contribution is 5.83. The minimum Gasteiger partial charge on any atom is -0.361 e. The van der Waals surface area contributed by atoms with Gasteiger partial charge in [-0.1, -0.05) is 11.2 Å². The van der Waals surface area contributed by atoms with Crippen LogP contribution in [0.25, 0.3) is 0 Å². The van der Waals surface area contributed by atoms with Gasteiger partial charge in [0.25, 0.3) is 0 Å². The highest BCUT2D eigenvalue weighted by Gasteiger charge is 2.34. The van der Waals surface area contributed by atoms with Gasteiger partial charge in [0, 0.05) is 12.1 Å². The lowest BCUT2D eigenvalue weighted by Crippen LogP contribution is -2.29. The van der Waals surface area contributed by atoms with Gasteiger partial charge in [0.15, 0.2) is 0 Å². The average molecular weight is 344 g/mol. The molecule has 1 aromatic carbocycles. The van der Waals surface area contributed by atoms with Crippen LogP contribution >= 0.6 is 0 Å². The Kier molecular flexibility index (Phi) is 4.96. The summed E-state index contributed by atoms with van der Waals surface area (Å²) in [7, 11) is 0. The lowest BCUT2D eigenvalue weighted by molar-refractivity contribution is -0.138. The zero-order chi connectivity index (χ0) is 18.1. The number of halogens is 4. The molecule has 0 saturated carbocycles. The molecule has 2 aromatic rings. The Morgan fingerprint density at radius 1 is 1.33 bits per heavy atom. The van der Waals surface area contributed by atoms with E-state index < -0.39 is 29.4 Å². The summed E-state index contributed by atoms with van der Waals surface area (Å²) in [4.78, 5) is 12.2. The number of amides is 1. The van der Waals surface area contributed by atoms with Crippen LogP contribution in [-0.4, -0.2) is 11.1 Å². The molecule has 24 heavy (non-hydrogen) atoms. The van der Waals surface area contributed by atoms with Crippen molar-refractivity contribution in [2.24, 2.45) is 0 Å². The van der Waals surface area contributed by atoms with Crippen molar-refractivity contribution in [3.63, 3.8) is 0 Å². The fourth-order valence-corrected chi connectivity index (χ4v) is 2.54. The maximum Gasteiger partial charge on any atom is 0.416 e. The van der Waals surface area contributed by atoms with Crippen LogP contribution in [0.1, 0.15) is 41.0 Å². The van der Waals surface area contributed by atoms with E-state index in [1.807, 2.05) is 0 Å². The quantitative estimate of drug-likeness (QED) is 0.857. The van der Waals surface area contributed by atoms with Gasteiger partial charge in [-0.3, -0.25) is 4.79 Å². The molecule has 1 atom stereocenters. The largest absolute Gasteiger partial charge is 0.416 e. The molecule has 4 nitrogen and oxygen atoms in total. The molecule has 8 heteroatoms. The van der Waals surface area contributed by atoms with Crippen LogP contribution in [0.2, 0.25) is 0 Å². The van der Waals surface area contributed by atoms with Gasteiger partial charge in [-0.2, -0.15) is 13.2 Å². The summed E-state index contributed by atoms with van der Waals surface area (Å²) in [6, 6.07) is 2.35. The van der Waals surface area contributed by atoms with Crippen LogP contribution in [0.3, 0.4) is 0 Å². The molecule has 0 saturated heterocycles. The van der Waals surface area contributed by atoms with Crippen molar-refractivity contribution in [2.45, 2.75) is 39.4 Å². The minimum absolute atomic E-state index is 0.205. The van der Waals surface area contributed by atoms with E-state index in [1.165, 1.54) is 0 Å². The molecule has 0 radical (unpaired) electrons. The number of nitrogens with one attached hydrogen (secondary N) is 1. The topological polar surface area (TPSA) is 55.1 Å². The molecule has 1 heterocycles. The van der Waals surface area contributed by atoms with Crippen molar-refractivity contribution in [3.8, 4) is 0 Å². The molecule has 0 aliphatic heterocycles. The van der Waals surface area contributed by atoms with Gasteiger partial charge in [0.2, 0.25) is 5.91 Å². The highest BCUT2D eigenvalue weighted by Crippen LogP contribution is 2.32. The summed E-state index contributed by atoms with van der Waals surface area (Å²) >= 11 is 0. The first kappa shape index (κ1) is 18.0. The number of aromatic nitrogens is 1. The van der Waals surface area contributed by atoms with E-state index in [9.17, 15) is 22.4 Å². The van der Waals surface area contributed by atoms with Crippen molar-refractivity contribution in [1.82, 2.24) is 10.5 Å². The Morgan fingerprint density at radius 2 is 2.00 bits per heavy atom. The van der Waals surface area contributed by atoms with E-state index in [0.717, 1.165) is 12.1 Å². The van der Waals surface area contributed by atoms with E-state index >= 15 is 0 Å². The molecule has 0 unspecified atom stereocenters. The monoisotopic (exact) mass is 344 g/mol. The van der Waals surface area contributed by atoms with Crippen LogP contribution in [0, 0.1) is 19.7 Å². The fourth-order valence-electron chi connectivity index (χ4n) is 2.54. The highest BCUT2D eigenvalue weighted by atomic mass is 19.4. The number of hydrogen-bond donors (Lipinski definition) is 1. The predicted molar refractivity (Wildman–Crippen MR) is 77.6 cm³/mol. The van der Waals surface area contributed by atoms with Crippen molar-refractivity contribution in [1.29, 1.82) is 0 Å². The lowest BCUT2D eigenvalue weighted by atomic mass is 9.98. The van der Waals surface area contributed by atoms with Crippen molar-refractivity contribution in [2.75, 3.05) is 0 Å². The van der Waals surface area contributed by atoms with Gasteiger partial charge in [-0.25, -0.2) is 4.39 Å². The first-order valence-electron chi connectivity index (χ1n) is 7.17. The van der Waals surface area contributed by atoms with Crippen LogP contribution < -0.4 is 5.32 Å². The Balaban J connectivity index is 2.15. The molecular formula is C16H16F4N2O2. The second-order valence-electron chi connectivity index (χ2n) is 5.48. The van der Waals surface area contributed by atoms with Crippen molar-refractivity contribution < 1.29 is 26.9 Å². The van der Waals surface area contributed by atoms with Crippen molar-refractivity contribution in [3.05, 3.63) is 52.2 Å². The summed E-state index contributed by atoms with van der Waals surface area (Å²) in [5.74, 6) is -1.61. The molecule has 1 amide bonds. The Labute approximate surface area is 135 Å². The maximum absolute atomic E-state index is 13.1. The number of alkyl halides is 3. The van der Waals surface area contributed by atoms with Crippen LogP contribution in [-0.2, 0) is 17.5 Å². The number of hydrogen-bond acceptors (Lipinski definition) is 3. The predicted octanol–water partition coefficient (Wildman–Crippen LogP) is 3.87. The molecule has 0 fully saturated rings. The van der Waals surface area contributed by atoms with E-state index in [4.69, 9.17) is 4.52 Å². The van der Waals surface area contributed by atoms with E-state index in [0.29, 0.717) is 23.1 Å². The van der Waals surface area contributed by atoms with Gasteiger partial charge in [-0.05, 0) is 38.5 Å². The van der Waals surface area contributed by atoms with E-state index in [2.05, 4.69) is 10.5 Å². The third kappa shape index (κ3) is 3.74. The molecule has 1 N–H and O–H groups in total. The molecule has 2 rings (SSSR count). The normalized spacial score (nSPS) is 13.0. The zero-order valence-electron chi connectivity index (χ0n) is 13.3. The average Bonchev–Trinajstić information content (AvgIpc) is 2.83. The molecule has 0 aliphatic carbocycles. The molecular weight excluding hydrogens is 328 g/mol. The molecule has 0 aliphatic rings. The number of carbonyl (C=O) groups excluding carboxylic acids is 1. The second kappa shape index (κ2) is 6.62. The van der Waals surface area contributed by atoms with Crippen molar-refractivity contribution >= 4 is 5.91 Å². The summed E-state index contributed by atoms with van der Waals surface area (Å²) in [5, 5.41) is 6.19. The Morgan fingerprint density at radius 3 is 2.54 bits per heavy atom. The molecule has 1 aromatic heterocycles. The standard InChI is InChI=1S/C16H16F4N2O2/c1-8(14-9(2)22-24-10(14)3)15(23)21-7-11-4-5-12(17)6-13(11)16(18,19)20/h4-6,8H,7H2,1-3H3,(H,21,23)/t8-/m1/s1. The van der Waals surface area contributed by atoms with Crippen LogP contribution in [0.15, 0.2) is 22.7 Å². The van der Waals surface area contributed by atoms with Gasteiger partial charge in [0.05, 0.1) is 17.2 Å². The Hall–Kier alpha value is -2.38. The molecule has 130 valence electrons. The van der Waals surface area contributed by atoms with E-state index in [1.54, 1.807) is 20.8 Å². The number of rotatable bonds is 4. The number of nitrogens with zero attached hydrogens (tertiary/aromatic N) is 1. The molecule has 0 spiro atoms. The first-order chi connectivity index (χ1) is 11.1. The van der Waals surface area contributed by atoms with Gasteiger partial charge < -0.3 is 9.84 Å². The SMILES string of the molecule is Cc1noc(C)c1[C@@H](C)C(=O)NCc1ccc(F)cc1C(F)(F)F. The summed E-state index contributed by atoms with van der Waals surface area (Å²) < 4.78 is 56.9. The number of benzene rings is 1. The maximum atomic E-state index is 13.1. The Bertz CT molecular complexity index is 734. The summed E-state index contributed by atoms with van der Waals surface area (Å²) in [6.07, 6.45) is -4.70. The number of carbonyl (C=O) groups is 1. The van der Waals surface area contributed by atoms with Crippen LogP contribution in [0.5, 0.6) is 0 Å². The second-order valence-corrected chi connectivity index (χ2v) is 5.48. The lowest BCUT2D eigenvalue weighted by Gasteiger charge is -2.15. The fraction of sp³-hybridized carbons (Fsp3) is 0.375. The van der Waals surface area contributed by atoms with E-state index in [-0.39, 0.29) is 12.1 Å². The minimum atomic E-state index is -4.70. The first-order valence-corrected chi connectivity index (χ1v) is 7.17.